The molecule has 0 aliphatic heterocycles. The van der Waals surface area contributed by atoms with Gasteiger partial charge in [0, 0.05) is 25.3 Å². The van der Waals surface area contributed by atoms with Gasteiger partial charge in [-0.3, -0.25) is 9.59 Å². The molecule has 0 aromatic rings. The van der Waals surface area contributed by atoms with E-state index in [-0.39, 0.29) is 11.9 Å². The Hall–Kier alpha value is -0.810. The number of hydrogen-bond donors (Lipinski definition) is 0. The monoisotopic (exact) mass is 868 g/mol. The van der Waals surface area contributed by atoms with Gasteiger partial charge in [0.15, 0.2) is 0 Å². The predicted octanol–water partition coefficient (Wildman–Crippen LogP) is 17.5. The number of esters is 2. The van der Waals surface area contributed by atoms with Crippen molar-refractivity contribution >= 4 is 23.5 Å². The molecule has 60 heavy (non-hydrogen) atoms. The van der Waals surface area contributed by atoms with Crippen LogP contribution in [0.4, 0.5) is 0 Å². The maximum atomic E-state index is 12.7. The van der Waals surface area contributed by atoms with Crippen molar-refractivity contribution in [3.63, 3.8) is 0 Å². The third-order valence-corrected chi connectivity index (χ3v) is 13.1. The molecule has 0 bridgehead atoms. The Kier molecular flexibility index (Phi) is 48.5. The van der Waals surface area contributed by atoms with Crippen LogP contribution in [-0.4, -0.2) is 55.6 Å². The Morgan fingerprint density at radius 1 is 0.367 bits per heavy atom. The van der Waals surface area contributed by atoms with Crippen LogP contribution >= 0.6 is 11.6 Å². The van der Waals surface area contributed by atoms with Gasteiger partial charge in [-0.15, -0.1) is 11.6 Å². The molecule has 0 fully saturated rings. The van der Waals surface area contributed by atoms with Crippen LogP contribution in [0.15, 0.2) is 0 Å². The highest BCUT2D eigenvalue weighted by Crippen LogP contribution is 2.22. The highest BCUT2D eigenvalue weighted by atomic mass is 35.5. The second-order valence-electron chi connectivity index (χ2n) is 18.9. The van der Waals surface area contributed by atoms with Crippen molar-refractivity contribution < 1.29 is 19.1 Å². The molecule has 358 valence electrons. The molecule has 0 radical (unpaired) electrons. The van der Waals surface area contributed by atoms with Crippen LogP contribution < -0.4 is 0 Å². The first-order chi connectivity index (χ1) is 29.5. The van der Waals surface area contributed by atoms with Crippen LogP contribution in [0, 0.1) is 11.8 Å². The summed E-state index contributed by atoms with van der Waals surface area (Å²) in [7, 11) is 0. The summed E-state index contributed by atoms with van der Waals surface area (Å²) in [6, 6.07) is 0. The molecule has 0 saturated heterocycles. The van der Waals surface area contributed by atoms with E-state index >= 15 is 0 Å². The predicted molar refractivity (Wildman–Crippen MR) is 263 cm³/mol. The standard InChI is InChI=1S/C54H106ClNO4/c1-5-9-13-17-21-23-27-33-41-51(39-31-25-19-15-11-7-3)49-59-53(57)43-35-29-37-46-56(48-45-55)47-38-30-36-44-54(58)60-50-52(40-32-26-20-16-12-8-4)42-34-28-24-22-18-14-10-6-2/h51-52H,5-50H2,1-4H3. The van der Waals surface area contributed by atoms with Gasteiger partial charge in [0.25, 0.3) is 0 Å². The fraction of sp³-hybridized carbons (Fsp3) is 0.963. The van der Waals surface area contributed by atoms with E-state index < -0.39 is 0 Å². The molecular weight excluding hydrogens is 762 g/mol. The number of halogens is 1. The average molecular weight is 869 g/mol. The lowest BCUT2D eigenvalue weighted by molar-refractivity contribution is -0.146. The van der Waals surface area contributed by atoms with Crippen LogP contribution in [0.1, 0.15) is 285 Å². The van der Waals surface area contributed by atoms with Gasteiger partial charge in [0.1, 0.15) is 0 Å². The number of carbonyl (C=O) groups excluding carboxylic acids is 2. The van der Waals surface area contributed by atoms with E-state index in [1.54, 1.807) is 0 Å². The van der Waals surface area contributed by atoms with E-state index in [1.165, 1.54) is 205 Å². The molecule has 0 amide bonds. The summed E-state index contributed by atoms with van der Waals surface area (Å²) in [5, 5.41) is 0. The smallest absolute Gasteiger partial charge is 0.305 e. The van der Waals surface area contributed by atoms with E-state index in [2.05, 4.69) is 32.6 Å². The van der Waals surface area contributed by atoms with Gasteiger partial charge in [0.2, 0.25) is 0 Å². The summed E-state index contributed by atoms with van der Waals surface area (Å²) >= 11 is 6.18. The highest BCUT2D eigenvalue weighted by molar-refractivity contribution is 6.18. The maximum absolute atomic E-state index is 12.7. The Morgan fingerprint density at radius 2 is 0.633 bits per heavy atom. The van der Waals surface area contributed by atoms with Crippen molar-refractivity contribution in [3.05, 3.63) is 0 Å². The van der Waals surface area contributed by atoms with Crippen molar-refractivity contribution in [2.45, 2.75) is 285 Å². The third-order valence-electron chi connectivity index (χ3n) is 12.9. The molecular formula is C54H106ClNO4. The van der Waals surface area contributed by atoms with Gasteiger partial charge in [-0.1, -0.05) is 220 Å². The molecule has 5 nitrogen and oxygen atoms in total. The van der Waals surface area contributed by atoms with Crippen molar-refractivity contribution in [1.29, 1.82) is 0 Å². The zero-order chi connectivity index (χ0) is 43.8. The summed E-state index contributed by atoms with van der Waals surface area (Å²) in [6.45, 7) is 13.3. The minimum atomic E-state index is -0.00756. The molecule has 0 aliphatic rings. The maximum Gasteiger partial charge on any atom is 0.305 e. The minimum Gasteiger partial charge on any atom is -0.465 e. The first-order valence-corrected chi connectivity index (χ1v) is 27.6. The quantitative estimate of drug-likeness (QED) is 0.0346. The van der Waals surface area contributed by atoms with Gasteiger partial charge in [-0.05, 0) is 76.3 Å². The molecule has 0 aromatic heterocycles. The van der Waals surface area contributed by atoms with Gasteiger partial charge in [0.05, 0.1) is 13.2 Å². The molecule has 0 heterocycles. The molecule has 0 spiro atoms. The third kappa shape index (κ3) is 43.8. The highest BCUT2D eigenvalue weighted by Gasteiger charge is 2.14. The lowest BCUT2D eigenvalue weighted by atomic mass is 9.94. The first kappa shape index (κ1) is 59.2. The lowest BCUT2D eigenvalue weighted by Crippen LogP contribution is -2.28. The van der Waals surface area contributed by atoms with Gasteiger partial charge in [-0.2, -0.15) is 0 Å². The molecule has 0 rings (SSSR count). The number of alkyl halides is 1. The average Bonchev–Trinajstić information content (AvgIpc) is 3.25. The SMILES string of the molecule is CCCCCCCCCCC(CCCCCCCC)COC(=O)CCCCCN(CCCl)CCCCCC(=O)OCC(CCCCCCCC)CCCCCCCCCC. The Balaban J connectivity index is 4.35. The number of nitrogens with zero attached hydrogens (tertiary/aromatic N) is 1. The normalized spacial score (nSPS) is 12.6. The molecule has 0 aromatic carbocycles. The lowest BCUT2D eigenvalue weighted by Gasteiger charge is -2.21. The minimum absolute atomic E-state index is 0.00756. The van der Waals surface area contributed by atoms with Crippen molar-refractivity contribution in [2.75, 3.05) is 38.7 Å². The Bertz CT molecular complexity index is 805. The van der Waals surface area contributed by atoms with E-state index in [1.807, 2.05) is 0 Å². The van der Waals surface area contributed by atoms with E-state index in [4.69, 9.17) is 21.1 Å². The topological polar surface area (TPSA) is 55.8 Å². The fourth-order valence-electron chi connectivity index (χ4n) is 8.77. The summed E-state index contributed by atoms with van der Waals surface area (Å²) in [5.74, 6) is 1.67. The van der Waals surface area contributed by atoms with Crippen molar-refractivity contribution in [2.24, 2.45) is 11.8 Å². The summed E-state index contributed by atoms with van der Waals surface area (Å²) < 4.78 is 11.8. The summed E-state index contributed by atoms with van der Waals surface area (Å²) in [5.41, 5.74) is 0. The van der Waals surface area contributed by atoms with Gasteiger partial charge in [-0.25, -0.2) is 0 Å². The van der Waals surface area contributed by atoms with Crippen molar-refractivity contribution in [1.82, 2.24) is 4.90 Å². The van der Waals surface area contributed by atoms with E-state index in [9.17, 15) is 9.59 Å². The van der Waals surface area contributed by atoms with Crippen LogP contribution in [0.25, 0.3) is 0 Å². The second kappa shape index (κ2) is 49.2. The molecule has 0 aliphatic carbocycles. The molecule has 0 N–H and O–H groups in total. The number of unbranched alkanes of at least 4 members (excludes halogenated alkanes) is 28. The first-order valence-electron chi connectivity index (χ1n) is 27.1. The van der Waals surface area contributed by atoms with Gasteiger partial charge >= 0.3 is 11.9 Å². The largest absolute Gasteiger partial charge is 0.465 e. The molecule has 6 heteroatoms. The fourth-order valence-corrected chi connectivity index (χ4v) is 9.01. The number of ether oxygens (including phenoxy) is 2. The number of carbonyl (C=O) groups is 2. The summed E-state index contributed by atoms with van der Waals surface area (Å²) in [6.07, 6.45) is 49.3. The summed E-state index contributed by atoms with van der Waals surface area (Å²) in [4.78, 5) is 27.9. The van der Waals surface area contributed by atoms with Gasteiger partial charge < -0.3 is 14.4 Å². The zero-order valence-electron chi connectivity index (χ0n) is 41.1. The van der Waals surface area contributed by atoms with Crippen LogP contribution in [0.3, 0.4) is 0 Å². The van der Waals surface area contributed by atoms with Crippen LogP contribution in [0.2, 0.25) is 0 Å². The molecule has 0 saturated carbocycles. The number of hydrogen-bond acceptors (Lipinski definition) is 5. The molecule has 2 unspecified atom stereocenters. The van der Waals surface area contributed by atoms with Crippen LogP contribution in [-0.2, 0) is 19.1 Å². The van der Waals surface area contributed by atoms with Crippen molar-refractivity contribution in [3.8, 4) is 0 Å². The van der Waals surface area contributed by atoms with E-state index in [0.717, 1.165) is 58.2 Å². The molecule has 2 atom stereocenters. The number of rotatable bonds is 50. The zero-order valence-corrected chi connectivity index (χ0v) is 41.9. The Labute approximate surface area is 381 Å². The Morgan fingerprint density at radius 3 is 0.917 bits per heavy atom. The second-order valence-corrected chi connectivity index (χ2v) is 19.3. The van der Waals surface area contributed by atoms with E-state index in [0.29, 0.717) is 43.8 Å². The van der Waals surface area contributed by atoms with Crippen LogP contribution in [0.5, 0.6) is 0 Å².